The maximum atomic E-state index is 14.7. The Morgan fingerprint density at radius 3 is 2.54 bits per heavy atom. The number of fused-ring (bicyclic) bond motifs is 1. The second kappa shape index (κ2) is 12.8. The number of benzene rings is 2. The Kier molecular flexibility index (Phi) is 8.57. The fourth-order valence-electron chi connectivity index (χ4n) is 7.46. The smallest absolute Gasteiger partial charge is 0.407 e. The Bertz CT molecular complexity index is 1730. The van der Waals surface area contributed by atoms with Gasteiger partial charge in [-0.3, -0.25) is 9.48 Å². The van der Waals surface area contributed by atoms with Crippen molar-refractivity contribution in [1.29, 1.82) is 0 Å². The summed E-state index contributed by atoms with van der Waals surface area (Å²) in [6.07, 6.45) is 11.4. The predicted octanol–water partition coefficient (Wildman–Crippen LogP) is 8.08. The number of hydrogen-bond acceptors (Lipinski definition) is 6. The van der Waals surface area contributed by atoms with Crippen LogP contribution in [0.2, 0.25) is 0 Å². The third kappa shape index (κ3) is 6.16. The van der Waals surface area contributed by atoms with E-state index in [2.05, 4.69) is 33.6 Å². The number of thiazole rings is 1. The number of nitrogens with one attached hydrogen (secondary N) is 1. The lowest BCUT2D eigenvalue weighted by Gasteiger charge is -2.41. The van der Waals surface area contributed by atoms with Gasteiger partial charge in [0.05, 0.1) is 20.8 Å². The van der Waals surface area contributed by atoms with E-state index in [0.29, 0.717) is 36.6 Å². The minimum atomic E-state index is -1.18. The lowest BCUT2D eigenvalue weighted by molar-refractivity contribution is -0.140. The number of carbonyl (C=O) groups excluding carboxylic acids is 2. The van der Waals surface area contributed by atoms with E-state index < -0.39 is 17.6 Å². The summed E-state index contributed by atoms with van der Waals surface area (Å²) in [6, 6.07) is 14.2. The second-order valence-corrected chi connectivity index (χ2v) is 14.5. The first-order chi connectivity index (χ1) is 22.3. The van der Waals surface area contributed by atoms with Gasteiger partial charge in [0.25, 0.3) is 5.91 Å². The van der Waals surface area contributed by atoms with Crippen LogP contribution in [-0.2, 0) is 16.6 Å². The molecule has 1 N–H and O–H groups in total. The number of nitrogens with zero attached hydrogens (tertiary/aromatic N) is 4. The fourth-order valence-corrected chi connectivity index (χ4v) is 8.54. The molecule has 2 heterocycles. The van der Waals surface area contributed by atoms with Crippen molar-refractivity contribution >= 4 is 39.9 Å². The van der Waals surface area contributed by atoms with Crippen molar-refractivity contribution in [3.8, 4) is 10.4 Å². The van der Waals surface area contributed by atoms with Crippen LogP contribution in [0.25, 0.3) is 21.3 Å². The molecule has 46 heavy (non-hydrogen) atoms. The summed E-state index contributed by atoms with van der Waals surface area (Å²) in [5.74, 6) is 0.653. The van der Waals surface area contributed by atoms with Crippen LogP contribution < -0.4 is 10.2 Å². The molecule has 4 aromatic rings. The van der Waals surface area contributed by atoms with Crippen molar-refractivity contribution in [2.75, 3.05) is 18.5 Å². The fraction of sp³-hybridized carbons (Fsp3) is 0.500. The molecule has 0 radical (unpaired) electrons. The molecule has 0 saturated heterocycles. The highest BCUT2D eigenvalue weighted by Gasteiger charge is 2.46. The van der Waals surface area contributed by atoms with Crippen LogP contribution in [0.15, 0.2) is 48.7 Å². The summed E-state index contributed by atoms with van der Waals surface area (Å²) < 4.78 is 22.0. The van der Waals surface area contributed by atoms with Gasteiger partial charge in [0.15, 0.2) is 5.60 Å². The number of halogens is 1. The van der Waals surface area contributed by atoms with Gasteiger partial charge in [-0.1, -0.05) is 24.6 Å². The van der Waals surface area contributed by atoms with Crippen LogP contribution in [0.5, 0.6) is 0 Å². The quantitative estimate of drug-likeness (QED) is 0.210. The normalized spacial score (nSPS) is 21.2. The Balaban J connectivity index is 1.15. The molecule has 0 spiro atoms. The number of anilines is 1. The first-order valence-corrected chi connectivity index (χ1v) is 17.6. The monoisotopic (exact) mass is 643 g/mol. The summed E-state index contributed by atoms with van der Waals surface area (Å²) >= 11 is 1.74. The molecule has 10 heteroatoms. The largest absolute Gasteiger partial charge is 0.433 e. The molecular weight excluding hydrogens is 601 g/mol. The molecule has 0 bridgehead atoms. The third-order valence-electron chi connectivity index (χ3n) is 10.3. The molecule has 3 aliphatic carbocycles. The summed E-state index contributed by atoms with van der Waals surface area (Å²) in [4.78, 5) is 35.0. The minimum Gasteiger partial charge on any atom is -0.433 e. The third-order valence-corrected chi connectivity index (χ3v) is 11.5. The first kappa shape index (κ1) is 30.8. The second-order valence-electron chi connectivity index (χ2n) is 13.4. The lowest BCUT2D eigenvalue weighted by Crippen LogP contribution is -2.55. The number of hydrogen-bond donors (Lipinski definition) is 1. The van der Waals surface area contributed by atoms with E-state index in [-0.39, 0.29) is 11.8 Å². The molecule has 2 aromatic carbocycles. The lowest BCUT2D eigenvalue weighted by atomic mass is 9.78. The van der Waals surface area contributed by atoms with Gasteiger partial charge in [-0.05, 0) is 111 Å². The van der Waals surface area contributed by atoms with Crippen LogP contribution in [-0.4, -0.2) is 46.0 Å². The summed E-state index contributed by atoms with van der Waals surface area (Å²) in [7, 11) is 3.30. The maximum Gasteiger partial charge on any atom is 0.407 e. The van der Waals surface area contributed by atoms with Crippen LogP contribution in [0.3, 0.4) is 0 Å². The highest BCUT2D eigenvalue weighted by atomic mass is 32.1. The van der Waals surface area contributed by atoms with Gasteiger partial charge < -0.3 is 15.0 Å². The molecule has 3 aliphatic rings. The Labute approximate surface area is 273 Å². The van der Waals surface area contributed by atoms with Crippen molar-refractivity contribution in [1.82, 2.24) is 20.1 Å². The topological polar surface area (TPSA) is 89.4 Å². The number of rotatable bonds is 8. The molecule has 2 aromatic heterocycles. The van der Waals surface area contributed by atoms with Crippen molar-refractivity contribution in [2.24, 2.45) is 13.0 Å². The van der Waals surface area contributed by atoms with Gasteiger partial charge >= 0.3 is 6.09 Å². The number of alkyl carbamates (subject to hydrolysis) is 1. The van der Waals surface area contributed by atoms with Gasteiger partial charge in [-0.15, -0.1) is 16.4 Å². The summed E-state index contributed by atoms with van der Waals surface area (Å²) in [6.45, 7) is 0.556. The zero-order chi connectivity index (χ0) is 31.8. The molecule has 7 rings (SSSR count). The molecule has 0 atom stereocenters. The van der Waals surface area contributed by atoms with E-state index in [0.717, 1.165) is 72.2 Å². The number of aryl methyl sites for hydroxylation is 1. The van der Waals surface area contributed by atoms with Gasteiger partial charge in [-0.25, -0.2) is 9.78 Å². The molecule has 0 unspecified atom stereocenters. The summed E-state index contributed by atoms with van der Waals surface area (Å²) in [5.41, 5.74) is 2.64. The van der Waals surface area contributed by atoms with Crippen LogP contribution in [0, 0.1) is 11.9 Å². The van der Waals surface area contributed by atoms with Crippen LogP contribution in [0.1, 0.15) is 93.0 Å². The van der Waals surface area contributed by atoms with E-state index >= 15 is 0 Å². The maximum absolute atomic E-state index is 14.7. The number of aromatic nitrogens is 3. The van der Waals surface area contributed by atoms with Crippen molar-refractivity contribution < 1.29 is 18.7 Å². The van der Waals surface area contributed by atoms with E-state index in [4.69, 9.17) is 4.74 Å². The van der Waals surface area contributed by atoms with E-state index in [1.165, 1.54) is 24.9 Å². The molecule has 242 valence electrons. The molecule has 8 nitrogen and oxygen atoms in total. The van der Waals surface area contributed by atoms with Gasteiger partial charge in [-0.2, -0.15) is 4.39 Å². The van der Waals surface area contributed by atoms with Crippen LogP contribution in [0.4, 0.5) is 14.9 Å². The Morgan fingerprint density at radius 1 is 1.04 bits per heavy atom. The van der Waals surface area contributed by atoms with Gasteiger partial charge in [0.1, 0.15) is 0 Å². The molecule has 3 fully saturated rings. The van der Waals surface area contributed by atoms with Gasteiger partial charge in [0, 0.05) is 38.4 Å². The highest BCUT2D eigenvalue weighted by molar-refractivity contribution is 7.15. The van der Waals surface area contributed by atoms with Crippen LogP contribution >= 0.6 is 11.3 Å². The first-order valence-electron chi connectivity index (χ1n) is 16.7. The van der Waals surface area contributed by atoms with Crippen molar-refractivity contribution in [3.05, 3.63) is 65.2 Å². The Morgan fingerprint density at radius 2 is 1.80 bits per heavy atom. The van der Waals surface area contributed by atoms with Gasteiger partial charge in [0.2, 0.25) is 5.95 Å². The number of amides is 2. The van der Waals surface area contributed by atoms with Crippen molar-refractivity contribution in [2.45, 2.75) is 88.1 Å². The van der Waals surface area contributed by atoms with E-state index in [9.17, 15) is 14.0 Å². The molecule has 0 aliphatic heterocycles. The molecule has 2 amide bonds. The average Bonchev–Trinajstić information content (AvgIpc) is 3.75. The summed E-state index contributed by atoms with van der Waals surface area (Å²) in [5, 5.41) is 8.27. The molecule has 3 saturated carbocycles. The number of carbonyl (C=O) groups is 2. The molecular formula is C36H42FN5O3S. The zero-order valence-electron chi connectivity index (χ0n) is 26.6. The zero-order valence-corrected chi connectivity index (χ0v) is 27.5. The standard InChI is InChI=1S/C36H42FN5O3S/c1-38-35(44)45-36(17-4-3-5-18-36)34(43)42(28-8-6-7-27(19-28)31-21-39-33(46-31)25-13-14-25)22-23-9-11-24(12-10-23)26-15-16-30-29(20-26)32(37)40-41(30)2/h6-8,15-16,19-21,23-25H,3-5,9-14,17-18,22H2,1-2H3,(H,38,44)/t23-,24-. The Hall–Kier alpha value is -3.79. The number of ether oxygens (including phenoxy) is 1. The predicted molar refractivity (Wildman–Crippen MR) is 179 cm³/mol. The van der Waals surface area contributed by atoms with Crippen molar-refractivity contribution in [3.63, 3.8) is 0 Å². The minimum absolute atomic E-state index is 0.129. The van der Waals surface area contributed by atoms with E-state index in [1.807, 2.05) is 35.4 Å². The van der Waals surface area contributed by atoms with E-state index in [1.54, 1.807) is 23.1 Å². The highest BCUT2D eigenvalue weighted by Crippen LogP contribution is 2.44. The average molecular weight is 644 g/mol. The SMILES string of the molecule is CNC(=O)OC1(C(=O)N(C[C@H]2CC[C@H](c3ccc4c(c3)c(F)nn4C)CC2)c2cccc(-c3cnc(C4CC4)s3)c2)CCCCC1.